The summed E-state index contributed by atoms with van der Waals surface area (Å²) in [6.07, 6.45) is 0.937. The second kappa shape index (κ2) is 10.8. The summed E-state index contributed by atoms with van der Waals surface area (Å²) in [5.41, 5.74) is 12.7. The van der Waals surface area contributed by atoms with Gasteiger partial charge < -0.3 is 5.73 Å². The van der Waals surface area contributed by atoms with Gasteiger partial charge in [0.1, 0.15) is 11.6 Å². The lowest BCUT2D eigenvalue weighted by Crippen LogP contribution is -2.42. The number of hydrogen-bond acceptors (Lipinski definition) is 5. The van der Waals surface area contributed by atoms with E-state index < -0.39 is 11.7 Å². The van der Waals surface area contributed by atoms with Gasteiger partial charge in [-0.25, -0.2) is 4.39 Å². The highest BCUT2D eigenvalue weighted by molar-refractivity contribution is 7.98. The van der Waals surface area contributed by atoms with Gasteiger partial charge in [0, 0.05) is 33.4 Å². The predicted octanol–water partition coefficient (Wildman–Crippen LogP) is 8.33. The second-order valence-corrected chi connectivity index (χ2v) is 12.8. The fourth-order valence-electron chi connectivity index (χ4n) is 5.84. The van der Waals surface area contributed by atoms with Crippen molar-refractivity contribution in [3.05, 3.63) is 116 Å². The molecule has 7 heteroatoms. The van der Waals surface area contributed by atoms with E-state index in [2.05, 4.69) is 32.0 Å². The summed E-state index contributed by atoms with van der Waals surface area (Å²) in [7, 11) is 0. The van der Waals surface area contributed by atoms with Crippen molar-refractivity contribution in [1.29, 1.82) is 5.26 Å². The van der Waals surface area contributed by atoms with Crippen LogP contribution in [0.1, 0.15) is 54.9 Å². The van der Waals surface area contributed by atoms with Gasteiger partial charge >= 0.3 is 0 Å². The van der Waals surface area contributed by atoms with Crippen LogP contribution in [0.3, 0.4) is 0 Å². The van der Waals surface area contributed by atoms with Crippen LogP contribution in [0, 0.1) is 36.4 Å². The number of nitriles is 1. The van der Waals surface area contributed by atoms with Crippen LogP contribution in [0.25, 0.3) is 0 Å². The Labute approximate surface area is 244 Å². The first kappa shape index (κ1) is 28.0. The molecule has 0 saturated carbocycles. The van der Waals surface area contributed by atoms with Crippen LogP contribution in [-0.2, 0) is 10.5 Å². The Kier molecular flexibility index (Phi) is 7.56. The molecule has 1 aliphatic carbocycles. The summed E-state index contributed by atoms with van der Waals surface area (Å²) >= 11 is 7.77. The third-order valence-corrected chi connectivity index (χ3v) is 8.98. The average molecular weight is 572 g/mol. The number of allylic oxidation sites excluding steroid dienone is 3. The van der Waals surface area contributed by atoms with E-state index >= 15 is 0 Å². The van der Waals surface area contributed by atoms with Crippen molar-refractivity contribution in [1.82, 2.24) is 0 Å². The minimum Gasteiger partial charge on any atom is -0.384 e. The summed E-state index contributed by atoms with van der Waals surface area (Å²) in [6.45, 7) is 8.18. The molecule has 0 amide bonds. The standard InChI is InChI=1S/C33H31ClFN3OS/c1-19-12-21(18-40-25-10-8-22(34)9-11-25)20(2)26(13-19)30-27(17-36)32(37)38(24-7-5-6-23(35)14-24)28-15-33(3,4)16-29(39)31(28)30/h5-14,30H,15-16,18,37H2,1-4H3. The van der Waals surface area contributed by atoms with E-state index in [1.807, 2.05) is 38.1 Å². The highest BCUT2D eigenvalue weighted by Gasteiger charge is 2.45. The number of halogens is 2. The summed E-state index contributed by atoms with van der Waals surface area (Å²) in [4.78, 5) is 16.7. The first-order valence-corrected chi connectivity index (χ1v) is 14.6. The van der Waals surface area contributed by atoms with Gasteiger partial charge in [0.2, 0.25) is 0 Å². The molecular formula is C33H31ClFN3OS. The summed E-state index contributed by atoms with van der Waals surface area (Å²) < 4.78 is 14.3. The Balaban J connectivity index is 1.67. The molecule has 0 bridgehead atoms. The third kappa shape index (κ3) is 5.29. The van der Waals surface area contributed by atoms with E-state index in [0.29, 0.717) is 34.7 Å². The van der Waals surface area contributed by atoms with E-state index in [-0.39, 0.29) is 17.0 Å². The molecule has 1 aliphatic heterocycles. The van der Waals surface area contributed by atoms with Crippen LogP contribution in [0.5, 0.6) is 0 Å². The summed E-state index contributed by atoms with van der Waals surface area (Å²) in [6, 6.07) is 20.4. The number of thioether (sulfide) groups is 1. The van der Waals surface area contributed by atoms with Crippen molar-refractivity contribution in [2.75, 3.05) is 4.90 Å². The minimum atomic E-state index is -0.590. The van der Waals surface area contributed by atoms with Crippen molar-refractivity contribution in [3.63, 3.8) is 0 Å². The number of carbonyl (C=O) groups is 1. The number of nitrogens with zero attached hydrogens (tertiary/aromatic N) is 2. The fourth-order valence-corrected chi connectivity index (χ4v) is 6.91. The Bertz CT molecular complexity index is 1620. The number of rotatable bonds is 5. The van der Waals surface area contributed by atoms with Crippen molar-refractivity contribution in [2.24, 2.45) is 11.1 Å². The molecular weight excluding hydrogens is 541 g/mol. The molecule has 0 fully saturated rings. The van der Waals surface area contributed by atoms with Gasteiger partial charge in [-0.1, -0.05) is 49.2 Å². The molecule has 4 nitrogen and oxygen atoms in total. The van der Waals surface area contributed by atoms with E-state index in [4.69, 9.17) is 17.3 Å². The van der Waals surface area contributed by atoms with Crippen molar-refractivity contribution < 1.29 is 9.18 Å². The van der Waals surface area contributed by atoms with Crippen molar-refractivity contribution in [3.8, 4) is 6.07 Å². The lowest BCUT2D eigenvalue weighted by Gasteiger charge is -2.44. The number of Topliss-reactive ketones (excluding diaryl/α,β-unsaturated/α-hetero) is 1. The van der Waals surface area contributed by atoms with Gasteiger partial charge in [-0.2, -0.15) is 5.26 Å². The van der Waals surface area contributed by atoms with Gasteiger partial charge in [-0.05, 0) is 84.8 Å². The van der Waals surface area contributed by atoms with E-state index in [1.165, 1.54) is 12.1 Å². The largest absolute Gasteiger partial charge is 0.384 e. The highest BCUT2D eigenvalue weighted by atomic mass is 35.5. The molecule has 1 atom stereocenters. The van der Waals surface area contributed by atoms with Crippen LogP contribution in [0.2, 0.25) is 5.02 Å². The Morgan fingerprint density at radius 3 is 2.52 bits per heavy atom. The van der Waals surface area contributed by atoms with Crippen LogP contribution >= 0.6 is 23.4 Å². The number of carbonyl (C=O) groups excluding carboxylic acids is 1. The highest BCUT2D eigenvalue weighted by Crippen LogP contribution is 2.51. The van der Waals surface area contributed by atoms with Crippen molar-refractivity contribution in [2.45, 2.75) is 57.1 Å². The topological polar surface area (TPSA) is 70.1 Å². The monoisotopic (exact) mass is 571 g/mol. The molecule has 2 N–H and O–H groups in total. The molecule has 0 radical (unpaired) electrons. The molecule has 204 valence electrons. The predicted molar refractivity (Wildman–Crippen MR) is 160 cm³/mol. The Hall–Kier alpha value is -3.53. The van der Waals surface area contributed by atoms with Crippen LogP contribution in [0.4, 0.5) is 10.1 Å². The molecule has 1 unspecified atom stereocenters. The van der Waals surface area contributed by atoms with Gasteiger partial charge in [0.15, 0.2) is 5.78 Å². The Morgan fingerprint density at radius 1 is 1.12 bits per heavy atom. The van der Waals surface area contributed by atoms with Crippen LogP contribution < -0.4 is 10.6 Å². The van der Waals surface area contributed by atoms with E-state index in [1.54, 1.807) is 28.8 Å². The maximum absolute atomic E-state index is 14.3. The molecule has 3 aromatic carbocycles. The first-order chi connectivity index (χ1) is 19.0. The van der Waals surface area contributed by atoms with Gasteiger partial charge in [-0.3, -0.25) is 9.69 Å². The number of benzene rings is 3. The molecule has 0 aromatic heterocycles. The minimum absolute atomic E-state index is 0.00380. The lowest BCUT2D eigenvalue weighted by molar-refractivity contribution is -0.118. The number of hydrogen-bond donors (Lipinski definition) is 1. The molecule has 5 rings (SSSR count). The summed E-state index contributed by atoms with van der Waals surface area (Å²) in [5.74, 6) is -0.0474. The molecule has 1 heterocycles. The number of ketones is 1. The van der Waals surface area contributed by atoms with Crippen molar-refractivity contribution >= 4 is 34.8 Å². The molecule has 0 saturated heterocycles. The van der Waals surface area contributed by atoms with Gasteiger partial charge in [0.25, 0.3) is 0 Å². The number of nitrogens with two attached hydrogens (primary N) is 1. The zero-order valence-electron chi connectivity index (χ0n) is 23.0. The van der Waals surface area contributed by atoms with E-state index in [9.17, 15) is 14.4 Å². The molecule has 0 spiro atoms. The smallest absolute Gasteiger partial charge is 0.162 e. The molecule has 2 aliphatic rings. The third-order valence-electron chi connectivity index (χ3n) is 7.67. The van der Waals surface area contributed by atoms with Gasteiger partial charge in [0.05, 0.1) is 23.2 Å². The lowest BCUT2D eigenvalue weighted by atomic mass is 9.68. The number of anilines is 1. The zero-order valence-corrected chi connectivity index (χ0v) is 24.6. The average Bonchev–Trinajstić information content (AvgIpc) is 2.88. The zero-order chi connectivity index (χ0) is 28.8. The number of aryl methyl sites for hydroxylation is 1. The maximum atomic E-state index is 14.3. The van der Waals surface area contributed by atoms with E-state index in [0.717, 1.165) is 38.6 Å². The van der Waals surface area contributed by atoms with Crippen LogP contribution in [0.15, 0.2) is 88.2 Å². The second-order valence-electron chi connectivity index (χ2n) is 11.3. The SMILES string of the molecule is Cc1cc(CSc2ccc(Cl)cc2)c(C)c(C2C(C#N)=C(N)N(c3cccc(F)c3)C3=C2C(=O)CC(C)(C)C3)c1. The quantitative estimate of drug-likeness (QED) is 0.312. The molecule has 40 heavy (non-hydrogen) atoms. The fraction of sp³-hybridized carbons (Fsp3) is 0.273. The summed E-state index contributed by atoms with van der Waals surface area (Å²) in [5, 5.41) is 11.2. The maximum Gasteiger partial charge on any atom is 0.162 e. The normalized spacial score (nSPS) is 18.6. The van der Waals surface area contributed by atoms with Crippen LogP contribution in [-0.4, -0.2) is 5.78 Å². The first-order valence-electron chi connectivity index (χ1n) is 13.2. The molecule has 3 aromatic rings. The van der Waals surface area contributed by atoms with Gasteiger partial charge in [-0.15, -0.1) is 11.8 Å². The Morgan fingerprint density at radius 2 is 1.85 bits per heavy atom.